The predicted molar refractivity (Wildman–Crippen MR) is 108 cm³/mol. The number of imidazole rings is 1. The predicted octanol–water partition coefficient (Wildman–Crippen LogP) is 6.01. The number of rotatable bonds is 6. The monoisotopic (exact) mass is 369 g/mol. The number of hydrogen-bond donors (Lipinski definition) is 2. The minimum absolute atomic E-state index is 0.201. The van der Waals surface area contributed by atoms with Gasteiger partial charge in [-0.2, -0.15) is 0 Å². The summed E-state index contributed by atoms with van der Waals surface area (Å²) in [6.07, 6.45) is 15.4. The van der Waals surface area contributed by atoms with Gasteiger partial charge in [0.25, 0.3) is 0 Å². The molecule has 0 spiro atoms. The third kappa shape index (κ3) is 4.78. The summed E-state index contributed by atoms with van der Waals surface area (Å²) in [5.74, 6) is 2.33. The van der Waals surface area contributed by atoms with E-state index in [0.717, 1.165) is 29.5 Å². The Morgan fingerprint density at radius 2 is 1.63 bits per heavy atom. The van der Waals surface area contributed by atoms with Crippen molar-refractivity contribution in [1.82, 2.24) is 15.3 Å². The highest BCUT2D eigenvalue weighted by atomic mass is 19.1. The van der Waals surface area contributed by atoms with Crippen LogP contribution in [0.15, 0.2) is 30.5 Å². The summed E-state index contributed by atoms with van der Waals surface area (Å²) < 4.78 is 13.2. The van der Waals surface area contributed by atoms with Gasteiger partial charge in [0.2, 0.25) is 0 Å². The summed E-state index contributed by atoms with van der Waals surface area (Å²) >= 11 is 0. The van der Waals surface area contributed by atoms with Crippen LogP contribution < -0.4 is 5.32 Å². The van der Waals surface area contributed by atoms with E-state index < -0.39 is 0 Å². The van der Waals surface area contributed by atoms with Gasteiger partial charge < -0.3 is 10.3 Å². The van der Waals surface area contributed by atoms with Crippen LogP contribution in [0.2, 0.25) is 0 Å². The summed E-state index contributed by atoms with van der Waals surface area (Å²) in [7, 11) is 0. The van der Waals surface area contributed by atoms with Crippen molar-refractivity contribution in [1.29, 1.82) is 0 Å². The molecule has 146 valence electrons. The number of H-pyrrole nitrogens is 1. The van der Waals surface area contributed by atoms with Crippen molar-refractivity contribution < 1.29 is 4.39 Å². The zero-order valence-electron chi connectivity index (χ0n) is 16.2. The van der Waals surface area contributed by atoms with Gasteiger partial charge in [0.15, 0.2) is 0 Å². The third-order valence-corrected chi connectivity index (χ3v) is 6.52. The van der Waals surface area contributed by atoms with E-state index in [2.05, 4.69) is 10.3 Å². The molecule has 1 atom stereocenters. The molecule has 1 aromatic heterocycles. The van der Waals surface area contributed by atoms with E-state index in [9.17, 15) is 4.39 Å². The summed E-state index contributed by atoms with van der Waals surface area (Å²) in [5, 5.41) is 3.90. The molecule has 27 heavy (non-hydrogen) atoms. The van der Waals surface area contributed by atoms with Crippen LogP contribution in [0.4, 0.5) is 4.39 Å². The first-order valence-electron chi connectivity index (χ1n) is 10.8. The van der Waals surface area contributed by atoms with Gasteiger partial charge in [-0.05, 0) is 73.9 Å². The molecule has 2 aliphatic carbocycles. The second-order valence-electron chi connectivity index (χ2n) is 8.48. The zero-order valence-corrected chi connectivity index (χ0v) is 16.2. The van der Waals surface area contributed by atoms with E-state index in [-0.39, 0.29) is 5.82 Å². The molecule has 1 unspecified atom stereocenters. The van der Waals surface area contributed by atoms with Crippen LogP contribution in [-0.2, 0) is 0 Å². The minimum atomic E-state index is -0.201. The average molecular weight is 370 g/mol. The summed E-state index contributed by atoms with van der Waals surface area (Å²) in [5.41, 5.74) is 1.97. The molecule has 0 saturated heterocycles. The van der Waals surface area contributed by atoms with Gasteiger partial charge in [-0.15, -0.1) is 0 Å². The van der Waals surface area contributed by atoms with E-state index in [4.69, 9.17) is 4.98 Å². The van der Waals surface area contributed by atoms with Crippen LogP contribution in [0.3, 0.4) is 0 Å². The zero-order chi connectivity index (χ0) is 18.5. The van der Waals surface area contributed by atoms with Gasteiger partial charge >= 0.3 is 0 Å². The number of aromatic amines is 1. The van der Waals surface area contributed by atoms with Crippen molar-refractivity contribution in [2.45, 2.75) is 70.3 Å². The molecule has 2 N–H and O–H groups in total. The Labute approximate surface area is 162 Å². The van der Waals surface area contributed by atoms with Gasteiger partial charge in [-0.25, -0.2) is 9.37 Å². The van der Waals surface area contributed by atoms with Gasteiger partial charge in [0.1, 0.15) is 11.6 Å². The van der Waals surface area contributed by atoms with E-state index >= 15 is 0 Å². The Morgan fingerprint density at radius 3 is 2.33 bits per heavy atom. The molecular weight excluding hydrogens is 337 g/mol. The Morgan fingerprint density at radius 1 is 0.963 bits per heavy atom. The lowest BCUT2D eigenvalue weighted by Crippen LogP contribution is -2.34. The van der Waals surface area contributed by atoms with Gasteiger partial charge in [-0.1, -0.05) is 38.5 Å². The lowest BCUT2D eigenvalue weighted by molar-refractivity contribution is 0.242. The van der Waals surface area contributed by atoms with Crippen LogP contribution in [0, 0.1) is 17.7 Å². The highest BCUT2D eigenvalue weighted by molar-refractivity contribution is 5.58. The molecule has 0 aliphatic heterocycles. The maximum absolute atomic E-state index is 13.2. The molecule has 0 radical (unpaired) electrons. The molecule has 0 amide bonds. The van der Waals surface area contributed by atoms with Crippen LogP contribution in [-0.4, -0.2) is 16.5 Å². The van der Waals surface area contributed by atoms with Crippen molar-refractivity contribution in [3.63, 3.8) is 0 Å². The Kier molecular flexibility index (Phi) is 6.23. The normalized spacial score (nSPS) is 20.6. The highest BCUT2D eigenvalue weighted by Gasteiger charge is 2.28. The average Bonchev–Trinajstić information content (AvgIpc) is 3.20. The number of nitrogens with zero attached hydrogens (tertiary/aromatic N) is 1. The molecular formula is C23H32FN3. The highest BCUT2D eigenvalue weighted by Crippen LogP contribution is 2.35. The van der Waals surface area contributed by atoms with E-state index in [1.807, 2.05) is 18.3 Å². The minimum Gasteiger partial charge on any atom is -0.341 e. The number of hydrogen-bond acceptors (Lipinski definition) is 2. The first-order valence-corrected chi connectivity index (χ1v) is 10.8. The second kappa shape index (κ2) is 9.01. The molecule has 2 fully saturated rings. The molecule has 2 aromatic rings. The molecule has 1 aromatic carbocycles. The fourth-order valence-electron chi connectivity index (χ4n) is 4.91. The number of halogens is 1. The van der Waals surface area contributed by atoms with Crippen molar-refractivity contribution in [3.8, 4) is 11.3 Å². The molecule has 1 heterocycles. The Bertz CT molecular complexity index is 697. The molecule has 4 rings (SSSR count). The summed E-state index contributed by atoms with van der Waals surface area (Å²) in [6.45, 7) is 1.10. The van der Waals surface area contributed by atoms with Crippen LogP contribution in [0.25, 0.3) is 11.3 Å². The van der Waals surface area contributed by atoms with Crippen molar-refractivity contribution in [3.05, 3.63) is 42.1 Å². The second-order valence-corrected chi connectivity index (χ2v) is 8.48. The van der Waals surface area contributed by atoms with Crippen LogP contribution in [0.5, 0.6) is 0 Å². The smallest absolute Gasteiger partial charge is 0.123 e. The van der Waals surface area contributed by atoms with Gasteiger partial charge in [0, 0.05) is 0 Å². The van der Waals surface area contributed by atoms with Crippen LogP contribution in [0.1, 0.15) is 76.1 Å². The van der Waals surface area contributed by atoms with Gasteiger partial charge in [-0.3, -0.25) is 0 Å². The Balaban J connectivity index is 1.49. The van der Waals surface area contributed by atoms with Crippen molar-refractivity contribution in [2.24, 2.45) is 11.8 Å². The number of nitrogens with one attached hydrogen (secondary N) is 2. The first kappa shape index (κ1) is 18.7. The van der Waals surface area contributed by atoms with E-state index in [0.29, 0.717) is 12.0 Å². The number of benzene rings is 1. The largest absolute Gasteiger partial charge is 0.341 e. The van der Waals surface area contributed by atoms with E-state index in [1.54, 1.807) is 0 Å². The van der Waals surface area contributed by atoms with Crippen LogP contribution >= 0.6 is 0 Å². The fourth-order valence-corrected chi connectivity index (χ4v) is 4.91. The Hall–Kier alpha value is -1.68. The molecule has 0 bridgehead atoms. The molecule has 3 nitrogen and oxygen atoms in total. The number of aromatic nitrogens is 2. The maximum Gasteiger partial charge on any atom is 0.123 e. The molecule has 4 heteroatoms. The fraction of sp³-hybridized carbons (Fsp3) is 0.609. The molecule has 2 aliphatic rings. The van der Waals surface area contributed by atoms with E-state index in [1.165, 1.54) is 76.3 Å². The lowest BCUT2D eigenvalue weighted by atomic mass is 9.83. The SMILES string of the molecule is Fc1ccc(-c2cnc(C(NCC3CCCCC3)C3CCCCC3)[nH]2)cc1. The third-order valence-electron chi connectivity index (χ3n) is 6.52. The topological polar surface area (TPSA) is 40.7 Å². The molecule has 2 saturated carbocycles. The summed E-state index contributed by atoms with van der Waals surface area (Å²) in [6, 6.07) is 6.96. The van der Waals surface area contributed by atoms with Gasteiger partial charge in [0.05, 0.1) is 17.9 Å². The summed E-state index contributed by atoms with van der Waals surface area (Å²) in [4.78, 5) is 8.28. The van der Waals surface area contributed by atoms with Crippen molar-refractivity contribution in [2.75, 3.05) is 6.54 Å². The van der Waals surface area contributed by atoms with Crippen molar-refractivity contribution >= 4 is 0 Å². The standard InChI is InChI=1S/C23H32FN3/c24-20-13-11-18(12-14-20)21-16-26-23(27-21)22(19-9-5-2-6-10-19)25-15-17-7-3-1-4-8-17/h11-14,16-17,19,22,25H,1-10,15H2,(H,26,27). The lowest BCUT2D eigenvalue weighted by Gasteiger charge is -2.32. The first-order chi connectivity index (χ1) is 13.3. The quantitative estimate of drug-likeness (QED) is 0.655. The maximum atomic E-state index is 13.2.